The molecule has 0 bridgehead atoms. The molecule has 0 saturated carbocycles. The minimum Gasteiger partial charge on any atom is -0.398 e. The molecule has 2 rings (SSSR count). The number of rotatable bonds is 2. The van der Waals surface area contributed by atoms with Crippen LogP contribution in [0, 0.1) is 0 Å². The molecule has 0 spiro atoms. The SMILES string of the molecule is CNC(=O)c1noc(-c2cc(C(F)(F)F)ccc2N)n1. The molecule has 9 heteroatoms. The molecule has 0 radical (unpaired) electrons. The Labute approximate surface area is 110 Å². The topological polar surface area (TPSA) is 94.0 Å². The number of anilines is 1. The lowest BCUT2D eigenvalue weighted by atomic mass is 10.1. The van der Waals surface area contributed by atoms with E-state index in [0.717, 1.165) is 18.2 Å². The van der Waals surface area contributed by atoms with Gasteiger partial charge in [0.2, 0.25) is 0 Å². The molecule has 20 heavy (non-hydrogen) atoms. The predicted octanol–water partition coefficient (Wildman–Crippen LogP) is 1.70. The third-order valence-corrected chi connectivity index (χ3v) is 2.47. The molecule has 0 unspecified atom stereocenters. The van der Waals surface area contributed by atoms with Crippen LogP contribution in [0.5, 0.6) is 0 Å². The van der Waals surface area contributed by atoms with Crippen LogP contribution in [0.2, 0.25) is 0 Å². The van der Waals surface area contributed by atoms with E-state index in [4.69, 9.17) is 10.3 Å². The molecule has 3 N–H and O–H groups in total. The second-order valence-electron chi connectivity index (χ2n) is 3.80. The summed E-state index contributed by atoms with van der Waals surface area (Å²) in [5.41, 5.74) is 4.64. The number of nitrogen functional groups attached to an aromatic ring is 1. The van der Waals surface area contributed by atoms with E-state index >= 15 is 0 Å². The van der Waals surface area contributed by atoms with Gasteiger partial charge >= 0.3 is 6.18 Å². The number of halogens is 3. The first-order chi connectivity index (χ1) is 9.32. The van der Waals surface area contributed by atoms with E-state index in [1.54, 1.807) is 0 Å². The number of aromatic nitrogens is 2. The molecule has 0 atom stereocenters. The molecule has 1 aromatic heterocycles. The van der Waals surface area contributed by atoms with E-state index < -0.39 is 17.6 Å². The number of carbonyl (C=O) groups is 1. The van der Waals surface area contributed by atoms with Crippen LogP contribution in [0.3, 0.4) is 0 Å². The summed E-state index contributed by atoms with van der Waals surface area (Å²) in [6.07, 6.45) is -4.52. The van der Waals surface area contributed by atoms with Crippen LogP contribution in [0.4, 0.5) is 18.9 Å². The quantitative estimate of drug-likeness (QED) is 0.819. The van der Waals surface area contributed by atoms with Gasteiger partial charge in [0.25, 0.3) is 17.6 Å². The Morgan fingerprint density at radius 3 is 2.70 bits per heavy atom. The summed E-state index contributed by atoms with van der Waals surface area (Å²) < 4.78 is 42.6. The largest absolute Gasteiger partial charge is 0.416 e. The monoisotopic (exact) mass is 286 g/mol. The minimum absolute atomic E-state index is 0.0325. The van der Waals surface area contributed by atoms with Gasteiger partial charge in [-0.05, 0) is 18.2 Å². The van der Waals surface area contributed by atoms with Crippen molar-refractivity contribution in [1.29, 1.82) is 0 Å². The highest BCUT2D eigenvalue weighted by atomic mass is 19.4. The number of nitrogens with zero attached hydrogens (tertiary/aromatic N) is 2. The average molecular weight is 286 g/mol. The number of alkyl halides is 3. The Balaban J connectivity index is 2.47. The molecule has 0 aliphatic carbocycles. The van der Waals surface area contributed by atoms with E-state index in [1.165, 1.54) is 7.05 Å². The van der Waals surface area contributed by atoms with Crippen LogP contribution in [0.1, 0.15) is 16.2 Å². The predicted molar refractivity (Wildman–Crippen MR) is 62.5 cm³/mol. The molecule has 2 aromatic rings. The zero-order valence-electron chi connectivity index (χ0n) is 10.2. The lowest BCUT2D eigenvalue weighted by molar-refractivity contribution is -0.137. The van der Waals surface area contributed by atoms with Crippen LogP contribution in [0.15, 0.2) is 22.7 Å². The second-order valence-corrected chi connectivity index (χ2v) is 3.80. The highest BCUT2D eigenvalue weighted by molar-refractivity contribution is 5.90. The Kier molecular flexibility index (Phi) is 3.35. The van der Waals surface area contributed by atoms with E-state index in [1.807, 2.05) is 0 Å². The maximum Gasteiger partial charge on any atom is 0.416 e. The highest BCUT2D eigenvalue weighted by Gasteiger charge is 2.31. The highest BCUT2D eigenvalue weighted by Crippen LogP contribution is 2.34. The summed E-state index contributed by atoms with van der Waals surface area (Å²) in [6.45, 7) is 0. The first-order valence-corrected chi connectivity index (χ1v) is 5.36. The van der Waals surface area contributed by atoms with E-state index in [-0.39, 0.29) is 23.0 Å². The average Bonchev–Trinajstić information content (AvgIpc) is 2.86. The van der Waals surface area contributed by atoms with Crippen LogP contribution in [-0.2, 0) is 6.18 Å². The fraction of sp³-hybridized carbons (Fsp3) is 0.182. The molecule has 1 heterocycles. The summed E-state index contributed by atoms with van der Waals surface area (Å²) in [7, 11) is 1.36. The van der Waals surface area contributed by atoms with Crippen LogP contribution in [0.25, 0.3) is 11.5 Å². The Bertz CT molecular complexity index is 651. The van der Waals surface area contributed by atoms with Gasteiger partial charge in [-0.2, -0.15) is 18.2 Å². The number of hydrogen-bond donors (Lipinski definition) is 2. The Hall–Kier alpha value is -2.58. The van der Waals surface area contributed by atoms with Crippen molar-refractivity contribution in [2.75, 3.05) is 12.8 Å². The van der Waals surface area contributed by atoms with Gasteiger partial charge < -0.3 is 15.6 Å². The van der Waals surface area contributed by atoms with Crippen molar-refractivity contribution < 1.29 is 22.5 Å². The first kappa shape index (κ1) is 13.8. The number of carbonyl (C=O) groups excluding carboxylic acids is 1. The van der Waals surface area contributed by atoms with Gasteiger partial charge in [0.1, 0.15) is 0 Å². The molecule has 106 valence electrons. The summed E-state index contributed by atoms with van der Waals surface area (Å²) >= 11 is 0. The van der Waals surface area contributed by atoms with E-state index in [9.17, 15) is 18.0 Å². The maximum absolute atomic E-state index is 12.6. The van der Waals surface area contributed by atoms with Crippen molar-refractivity contribution in [2.45, 2.75) is 6.18 Å². The minimum atomic E-state index is -4.52. The lowest BCUT2D eigenvalue weighted by Crippen LogP contribution is -2.19. The molecule has 1 amide bonds. The molecule has 1 aromatic carbocycles. The standard InChI is InChI=1S/C11H9F3N4O2/c1-16-9(19)8-17-10(20-18-8)6-4-5(11(12,13)14)2-3-7(6)15/h2-4H,15H2,1H3,(H,16,19). The molecule has 0 aliphatic rings. The summed E-state index contributed by atoms with van der Waals surface area (Å²) in [4.78, 5) is 15.0. The molecule has 0 fully saturated rings. The zero-order valence-corrected chi connectivity index (χ0v) is 10.2. The Morgan fingerprint density at radius 2 is 2.10 bits per heavy atom. The van der Waals surface area contributed by atoms with Crippen LogP contribution in [-0.4, -0.2) is 23.1 Å². The number of amides is 1. The van der Waals surface area contributed by atoms with Crippen molar-refractivity contribution in [3.8, 4) is 11.5 Å². The van der Waals surface area contributed by atoms with Gasteiger partial charge in [0.05, 0.1) is 11.1 Å². The fourth-order valence-electron chi connectivity index (χ4n) is 1.45. The van der Waals surface area contributed by atoms with E-state index in [0.29, 0.717) is 0 Å². The van der Waals surface area contributed by atoms with Gasteiger partial charge in [-0.1, -0.05) is 5.16 Å². The normalized spacial score (nSPS) is 11.4. The third-order valence-electron chi connectivity index (χ3n) is 2.47. The van der Waals surface area contributed by atoms with Gasteiger partial charge in [0, 0.05) is 12.7 Å². The molecule has 0 saturated heterocycles. The lowest BCUT2D eigenvalue weighted by Gasteiger charge is -2.08. The first-order valence-electron chi connectivity index (χ1n) is 5.36. The maximum atomic E-state index is 12.6. The molecular weight excluding hydrogens is 277 g/mol. The van der Waals surface area contributed by atoms with Crippen molar-refractivity contribution in [2.24, 2.45) is 0 Å². The Morgan fingerprint density at radius 1 is 1.40 bits per heavy atom. The fourth-order valence-corrected chi connectivity index (χ4v) is 1.45. The number of nitrogens with two attached hydrogens (primary N) is 1. The second kappa shape index (κ2) is 4.83. The number of hydrogen-bond acceptors (Lipinski definition) is 5. The molecular formula is C11H9F3N4O2. The number of benzene rings is 1. The van der Waals surface area contributed by atoms with Crippen molar-refractivity contribution >= 4 is 11.6 Å². The van der Waals surface area contributed by atoms with E-state index in [2.05, 4.69) is 15.5 Å². The zero-order chi connectivity index (χ0) is 14.9. The summed E-state index contributed by atoms with van der Waals surface area (Å²) in [5.74, 6) is -1.17. The number of nitrogens with one attached hydrogen (secondary N) is 1. The van der Waals surface area contributed by atoms with Crippen molar-refractivity contribution in [3.63, 3.8) is 0 Å². The van der Waals surface area contributed by atoms with Gasteiger partial charge in [-0.25, -0.2) is 0 Å². The summed E-state index contributed by atoms with van der Waals surface area (Å²) in [5, 5.41) is 5.62. The summed E-state index contributed by atoms with van der Waals surface area (Å²) in [6, 6.07) is 2.72. The van der Waals surface area contributed by atoms with Gasteiger partial charge in [-0.15, -0.1) is 0 Å². The smallest absolute Gasteiger partial charge is 0.398 e. The van der Waals surface area contributed by atoms with Crippen LogP contribution >= 0.6 is 0 Å². The van der Waals surface area contributed by atoms with Crippen molar-refractivity contribution in [1.82, 2.24) is 15.5 Å². The van der Waals surface area contributed by atoms with Gasteiger partial charge in [0.15, 0.2) is 0 Å². The van der Waals surface area contributed by atoms with Gasteiger partial charge in [-0.3, -0.25) is 4.79 Å². The molecule has 6 nitrogen and oxygen atoms in total. The molecule has 0 aliphatic heterocycles. The van der Waals surface area contributed by atoms with Crippen molar-refractivity contribution in [3.05, 3.63) is 29.6 Å². The third kappa shape index (κ3) is 2.56. The van der Waals surface area contributed by atoms with Crippen LogP contribution < -0.4 is 11.1 Å².